The maximum atomic E-state index is 12.9. The highest BCUT2D eigenvalue weighted by atomic mass is 32.1. The van der Waals surface area contributed by atoms with Crippen LogP contribution < -0.4 is 10.5 Å². The van der Waals surface area contributed by atoms with Crippen LogP contribution in [0.15, 0.2) is 0 Å². The molecule has 0 unspecified atom stereocenters. The summed E-state index contributed by atoms with van der Waals surface area (Å²) in [5, 5.41) is 0. The van der Waals surface area contributed by atoms with Gasteiger partial charge in [-0.05, 0) is 0 Å². The molecule has 0 saturated heterocycles. The van der Waals surface area contributed by atoms with E-state index < -0.39 is 41.4 Å². The van der Waals surface area contributed by atoms with Gasteiger partial charge in [0.25, 0.3) is 0 Å². The van der Waals surface area contributed by atoms with Gasteiger partial charge in [-0.25, -0.2) is 13.2 Å². The summed E-state index contributed by atoms with van der Waals surface area (Å²) < 4.78 is 67.9. The summed E-state index contributed by atoms with van der Waals surface area (Å²) in [6, 6.07) is 0. The fraction of sp³-hybridized carbons (Fsp3) is 0.125. The molecule has 0 atom stereocenters. The lowest BCUT2D eigenvalue weighted by atomic mass is 10.2. The van der Waals surface area contributed by atoms with E-state index in [1.165, 1.54) is 0 Å². The predicted octanol–water partition coefficient (Wildman–Crippen LogP) is 2.05. The van der Waals surface area contributed by atoms with Crippen LogP contribution in [0.4, 0.5) is 22.0 Å². The zero-order valence-corrected chi connectivity index (χ0v) is 8.31. The zero-order chi connectivity index (χ0) is 12.5. The SMILES string of the molecule is NC(=S)COc1c(F)c(F)c(F)c(F)c1F. The van der Waals surface area contributed by atoms with Crippen molar-refractivity contribution in [2.75, 3.05) is 6.61 Å². The molecule has 0 amide bonds. The summed E-state index contributed by atoms with van der Waals surface area (Å²) >= 11 is 4.32. The molecule has 1 aromatic rings. The molecule has 8 heteroatoms. The number of hydrogen-bond donors (Lipinski definition) is 1. The number of nitrogens with two attached hydrogens (primary N) is 1. The van der Waals surface area contributed by atoms with Crippen molar-refractivity contribution < 1.29 is 26.7 Å². The van der Waals surface area contributed by atoms with Crippen molar-refractivity contribution >= 4 is 17.2 Å². The van der Waals surface area contributed by atoms with Crippen LogP contribution >= 0.6 is 12.2 Å². The first-order valence-corrected chi connectivity index (χ1v) is 4.19. The van der Waals surface area contributed by atoms with Crippen molar-refractivity contribution in [3.8, 4) is 5.75 Å². The van der Waals surface area contributed by atoms with Crippen molar-refractivity contribution in [2.45, 2.75) is 0 Å². The molecule has 0 aliphatic heterocycles. The van der Waals surface area contributed by atoms with Crippen LogP contribution in [0.5, 0.6) is 5.75 Å². The van der Waals surface area contributed by atoms with Gasteiger partial charge in [-0.1, -0.05) is 12.2 Å². The quantitative estimate of drug-likeness (QED) is 0.389. The molecule has 0 aliphatic carbocycles. The Balaban J connectivity index is 3.23. The number of rotatable bonds is 3. The van der Waals surface area contributed by atoms with Gasteiger partial charge in [-0.2, -0.15) is 8.78 Å². The van der Waals surface area contributed by atoms with Crippen LogP contribution in [0.2, 0.25) is 0 Å². The molecule has 2 N–H and O–H groups in total. The third-order valence-corrected chi connectivity index (χ3v) is 1.65. The normalized spacial score (nSPS) is 10.3. The fourth-order valence-electron chi connectivity index (χ4n) is 0.855. The molecule has 2 nitrogen and oxygen atoms in total. The first-order valence-electron chi connectivity index (χ1n) is 3.78. The van der Waals surface area contributed by atoms with Gasteiger partial charge in [-0.3, -0.25) is 0 Å². The third-order valence-electron chi connectivity index (χ3n) is 1.53. The Morgan fingerprint density at radius 3 is 1.69 bits per heavy atom. The number of hydrogen-bond acceptors (Lipinski definition) is 2. The molecule has 16 heavy (non-hydrogen) atoms. The van der Waals surface area contributed by atoms with Crippen LogP contribution in [0.3, 0.4) is 0 Å². The molecule has 1 aromatic carbocycles. The summed E-state index contributed by atoms with van der Waals surface area (Å²) in [4.78, 5) is -0.288. The average molecular weight is 257 g/mol. The van der Waals surface area contributed by atoms with Crippen molar-refractivity contribution in [3.63, 3.8) is 0 Å². The molecule has 88 valence electrons. The first kappa shape index (κ1) is 12.6. The van der Waals surface area contributed by atoms with Crippen LogP contribution in [0, 0.1) is 29.1 Å². The van der Waals surface area contributed by atoms with Gasteiger partial charge < -0.3 is 10.5 Å². The second kappa shape index (κ2) is 4.60. The van der Waals surface area contributed by atoms with Crippen molar-refractivity contribution in [3.05, 3.63) is 29.1 Å². The lowest BCUT2D eigenvalue weighted by molar-refractivity contribution is 0.294. The summed E-state index contributed by atoms with van der Waals surface area (Å²) in [5.74, 6) is -11.9. The van der Waals surface area contributed by atoms with Crippen molar-refractivity contribution in [2.24, 2.45) is 5.73 Å². The Kier molecular flexibility index (Phi) is 3.63. The average Bonchev–Trinajstić information content (AvgIpc) is 2.23. The van der Waals surface area contributed by atoms with Crippen molar-refractivity contribution in [1.29, 1.82) is 0 Å². The largest absolute Gasteiger partial charge is 0.480 e. The number of thiocarbonyl (C=S) groups is 1. The fourth-order valence-corrected chi connectivity index (χ4v) is 0.914. The summed E-state index contributed by atoms with van der Waals surface area (Å²) in [6.07, 6.45) is 0. The third kappa shape index (κ3) is 2.21. The van der Waals surface area contributed by atoms with E-state index in [0.717, 1.165) is 0 Å². The number of benzene rings is 1. The summed E-state index contributed by atoms with van der Waals surface area (Å²) in [6.45, 7) is -0.631. The molecule has 0 bridgehead atoms. The van der Waals surface area contributed by atoms with Crippen LogP contribution in [0.25, 0.3) is 0 Å². The molecular weight excluding hydrogens is 253 g/mol. The van der Waals surface area contributed by atoms with E-state index in [-0.39, 0.29) is 4.99 Å². The van der Waals surface area contributed by atoms with Crippen molar-refractivity contribution in [1.82, 2.24) is 0 Å². The van der Waals surface area contributed by atoms with Gasteiger partial charge in [0.05, 0.1) is 0 Å². The van der Waals surface area contributed by atoms with E-state index in [4.69, 9.17) is 5.73 Å². The predicted molar refractivity (Wildman–Crippen MR) is 48.5 cm³/mol. The molecule has 0 spiro atoms. The maximum absolute atomic E-state index is 12.9. The van der Waals surface area contributed by atoms with Gasteiger partial charge in [0.15, 0.2) is 5.75 Å². The van der Waals surface area contributed by atoms with Gasteiger partial charge in [0.2, 0.25) is 29.1 Å². The van der Waals surface area contributed by atoms with Gasteiger partial charge in [0.1, 0.15) is 11.6 Å². The van der Waals surface area contributed by atoms with Gasteiger partial charge in [-0.15, -0.1) is 0 Å². The lowest BCUT2D eigenvalue weighted by Crippen LogP contribution is -2.19. The van der Waals surface area contributed by atoms with Crippen LogP contribution in [0.1, 0.15) is 0 Å². The van der Waals surface area contributed by atoms with E-state index in [2.05, 4.69) is 17.0 Å². The minimum atomic E-state index is -2.25. The second-order valence-corrected chi connectivity index (χ2v) is 3.18. The highest BCUT2D eigenvalue weighted by Crippen LogP contribution is 2.28. The highest BCUT2D eigenvalue weighted by molar-refractivity contribution is 7.80. The molecule has 0 aliphatic rings. The van der Waals surface area contributed by atoms with E-state index in [1.807, 2.05) is 0 Å². The Morgan fingerprint density at radius 2 is 1.31 bits per heavy atom. The van der Waals surface area contributed by atoms with Crippen LogP contribution in [-0.4, -0.2) is 11.6 Å². The monoisotopic (exact) mass is 257 g/mol. The molecule has 0 saturated carbocycles. The number of ether oxygens (including phenoxy) is 1. The molecule has 0 aromatic heterocycles. The van der Waals surface area contributed by atoms with Gasteiger partial charge >= 0.3 is 0 Å². The zero-order valence-electron chi connectivity index (χ0n) is 7.49. The Hall–Kier alpha value is -1.44. The Labute approximate surface area is 91.8 Å². The van der Waals surface area contributed by atoms with E-state index >= 15 is 0 Å². The highest BCUT2D eigenvalue weighted by Gasteiger charge is 2.26. The molecule has 0 heterocycles. The van der Waals surface area contributed by atoms with E-state index in [0.29, 0.717) is 0 Å². The topological polar surface area (TPSA) is 35.2 Å². The van der Waals surface area contributed by atoms with Crippen LogP contribution in [-0.2, 0) is 0 Å². The minimum Gasteiger partial charge on any atom is -0.480 e. The molecule has 0 radical (unpaired) electrons. The van der Waals surface area contributed by atoms with Gasteiger partial charge in [0, 0.05) is 0 Å². The standard InChI is InChI=1S/C8H4F5NOS/c9-3-4(10)6(12)8(7(13)5(3)11)15-1-2(14)16/h1H2,(H2,14,16). The minimum absolute atomic E-state index is 0.288. The summed E-state index contributed by atoms with van der Waals surface area (Å²) in [5.41, 5.74) is 4.95. The molecular formula is C8H4F5NOS. The summed E-state index contributed by atoms with van der Waals surface area (Å²) in [7, 11) is 0. The second-order valence-electron chi connectivity index (χ2n) is 2.65. The maximum Gasteiger partial charge on any atom is 0.207 e. The first-order chi connectivity index (χ1) is 7.36. The Bertz CT molecular complexity index is 422. The smallest absolute Gasteiger partial charge is 0.207 e. The lowest BCUT2D eigenvalue weighted by Gasteiger charge is -2.09. The Morgan fingerprint density at radius 1 is 0.938 bits per heavy atom. The molecule has 0 fully saturated rings. The number of halogens is 5. The van der Waals surface area contributed by atoms with E-state index in [1.54, 1.807) is 0 Å². The van der Waals surface area contributed by atoms with E-state index in [9.17, 15) is 22.0 Å². The molecule has 1 rings (SSSR count).